The molecule has 1 aliphatic rings. The van der Waals surface area contributed by atoms with Gasteiger partial charge >= 0.3 is 0 Å². The van der Waals surface area contributed by atoms with Gasteiger partial charge in [0.2, 0.25) is 16.0 Å². The van der Waals surface area contributed by atoms with Crippen molar-refractivity contribution in [3.63, 3.8) is 0 Å². The van der Waals surface area contributed by atoms with E-state index in [4.69, 9.17) is 11.6 Å². The van der Waals surface area contributed by atoms with Crippen molar-refractivity contribution in [2.75, 3.05) is 37.8 Å². The molecule has 2 heterocycles. The first-order valence-corrected chi connectivity index (χ1v) is 8.72. The minimum absolute atomic E-state index is 0.387. The molecule has 2 rings (SSSR count). The Kier molecular flexibility index (Phi) is 4.82. The molecule has 0 atom stereocenters. The summed E-state index contributed by atoms with van der Waals surface area (Å²) < 4.78 is 24.2. The van der Waals surface area contributed by atoms with Crippen molar-refractivity contribution in [1.29, 1.82) is 0 Å². The van der Waals surface area contributed by atoms with Gasteiger partial charge in [-0.1, -0.05) is 11.6 Å². The molecule has 0 N–H and O–H groups in total. The average molecular weight is 319 g/mol. The standard InChI is InChI=1S/C12H19ClN4O2S/c1-16(20(2,18)19)9-10-3-5-17(6-4-10)12-14-7-11(13)8-15-12/h7-8,10H,3-6,9H2,1-2H3. The summed E-state index contributed by atoms with van der Waals surface area (Å²) in [6.45, 7) is 2.25. The number of anilines is 1. The maximum absolute atomic E-state index is 11.4. The summed E-state index contributed by atoms with van der Waals surface area (Å²) >= 11 is 5.77. The molecule has 0 amide bonds. The minimum atomic E-state index is -3.09. The molecule has 0 radical (unpaired) electrons. The van der Waals surface area contributed by atoms with Crippen LogP contribution in [-0.4, -0.2) is 55.6 Å². The van der Waals surface area contributed by atoms with Crippen LogP contribution in [0.1, 0.15) is 12.8 Å². The van der Waals surface area contributed by atoms with Gasteiger partial charge in [-0.05, 0) is 18.8 Å². The Balaban J connectivity index is 1.88. The molecule has 0 unspecified atom stereocenters. The van der Waals surface area contributed by atoms with E-state index < -0.39 is 10.0 Å². The predicted molar refractivity (Wildman–Crippen MR) is 79.5 cm³/mol. The van der Waals surface area contributed by atoms with Crippen LogP contribution >= 0.6 is 11.6 Å². The molecule has 0 saturated carbocycles. The van der Waals surface area contributed by atoms with Crippen molar-refractivity contribution >= 4 is 27.6 Å². The molecule has 1 saturated heterocycles. The van der Waals surface area contributed by atoms with Crippen LogP contribution in [0.2, 0.25) is 5.02 Å². The Hall–Kier alpha value is -0.920. The Morgan fingerprint density at radius 1 is 1.35 bits per heavy atom. The molecule has 1 aromatic rings. The summed E-state index contributed by atoms with van der Waals surface area (Å²) in [4.78, 5) is 10.5. The highest BCUT2D eigenvalue weighted by Crippen LogP contribution is 2.22. The van der Waals surface area contributed by atoms with E-state index in [9.17, 15) is 8.42 Å². The smallest absolute Gasteiger partial charge is 0.225 e. The molecule has 0 aliphatic carbocycles. The zero-order chi connectivity index (χ0) is 14.8. The average Bonchev–Trinajstić information content (AvgIpc) is 2.39. The number of piperidine rings is 1. The van der Waals surface area contributed by atoms with Crippen molar-refractivity contribution in [2.24, 2.45) is 5.92 Å². The molecule has 6 nitrogen and oxygen atoms in total. The fourth-order valence-corrected chi connectivity index (χ4v) is 2.86. The zero-order valence-corrected chi connectivity index (χ0v) is 13.2. The van der Waals surface area contributed by atoms with Crippen molar-refractivity contribution in [3.8, 4) is 0 Å². The van der Waals surface area contributed by atoms with Gasteiger partial charge in [0, 0.05) is 26.7 Å². The van der Waals surface area contributed by atoms with Crippen molar-refractivity contribution in [3.05, 3.63) is 17.4 Å². The quantitative estimate of drug-likeness (QED) is 0.835. The van der Waals surface area contributed by atoms with Gasteiger partial charge in [-0.15, -0.1) is 0 Å². The van der Waals surface area contributed by atoms with E-state index in [0.717, 1.165) is 25.9 Å². The van der Waals surface area contributed by atoms with E-state index in [1.165, 1.54) is 10.6 Å². The van der Waals surface area contributed by atoms with Gasteiger partial charge in [0.1, 0.15) is 0 Å². The molecular weight excluding hydrogens is 300 g/mol. The summed E-state index contributed by atoms with van der Waals surface area (Å²) in [7, 11) is -1.46. The molecule has 112 valence electrons. The van der Waals surface area contributed by atoms with E-state index >= 15 is 0 Å². The second kappa shape index (κ2) is 6.24. The molecule has 8 heteroatoms. The number of rotatable bonds is 4. The summed E-state index contributed by atoms with van der Waals surface area (Å²) in [6, 6.07) is 0. The van der Waals surface area contributed by atoms with Crippen molar-refractivity contribution in [1.82, 2.24) is 14.3 Å². The van der Waals surface area contributed by atoms with Crippen LogP contribution in [0.5, 0.6) is 0 Å². The van der Waals surface area contributed by atoms with Gasteiger partial charge in [0.25, 0.3) is 0 Å². The number of aromatic nitrogens is 2. The minimum Gasteiger partial charge on any atom is -0.341 e. The largest absolute Gasteiger partial charge is 0.341 e. The Morgan fingerprint density at radius 3 is 2.40 bits per heavy atom. The fourth-order valence-electron chi connectivity index (χ4n) is 2.28. The lowest BCUT2D eigenvalue weighted by Gasteiger charge is -2.33. The van der Waals surface area contributed by atoms with Crippen LogP contribution < -0.4 is 4.90 Å². The number of halogens is 1. The summed E-state index contributed by atoms with van der Waals surface area (Å²) in [5.74, 6) is 1.07. The van der Waals surface area contributed by atoms with Crippen LogP contribution in [-0.2, 0) is 10.0 Å². The highest BCUT2D eigenvalue weighted by atomic mass is 35.5. The molecule has 0 aromatic carbocycles. The monoisotopic (exact) mass is 318 g/mol. The lowest BCUT2D eigenvalue weighted by Crippen LogP contribution is -2.39. The van der Waals surface area contributed by atoms with E-state index in [1.54, 1.807) is 19.4 Å². The maximum atomic E-state index is 11.4. The van der Waals surface area contributed by atoms with Gasteiger partial charge in [-0.25, -0.2) is 22.7 Å². The third-order valence-corrected chi connectivity index (χ3v) is 5.06. The Labute approximate surface area is 124 Å². The lowest BCUT2D eigenvalue weighted by molar-refractivity contribution is 0.328. The summed E-state index contributed by atoms with van der Waals surface area (Å²) in [6.07, 6.45) is 6.29. The summed E-state index contributed by atoms with van der Waals surface area (Å²) in [5, 5.41) is 0.526. The van der Waals surface area contributed by atoms with Crippen LogP contribution in [0.15, 0.2) is 12.4 Å². The molecule has 0 bridgehead atoms. The molecule has 0 spiro atoms. The SMILES string of the molecule is CN(CC1CCN(c2ncc(Cl)cn2)CC1)S(C)(=O)=O. The maximum Gasteiger partial charge on any atom is 0.225 e. The van der Waals surface area contributed by atoms with Gasteiger partial charge in [-0.3, -0.25) is 0 Å². The predicted octanol–water partition coefficient (Wildman–Crippen LogP) is 1.24. The first-order valence-electron chi connectivity index (χ1n) is 6.50. The number of nitrogens with zero attached hydrogens (tertiary/aromatic N) is 4. The van der Waals surface area contributed by atoms with Crippen molar-refractivity contribution < 1.29 is 8.42 Å². The first kappa shape index (κ1) is 15.5. The van der Waals surface area contributed by atoms with Crippen LogP contribution in [0, 0.1) is 5.92 Å². The number of hydrogen-bond acceptors (Lipinski definition) is 5. The highest BCUT2D eigenvalue weighted by Gasteiger charge is 2.24. The highest BCUT2D eigenvalue weighted by molar-refractivity contribution is 7.88. The zero-order valence-electron chi connectivity index (χ0n) is 11.7. The third-order valence-electron chi connectivity index (χ3n) is 3.59. The van der Waals surface area contributed by atoms with Gasteiger partial charge < -0.3 is 4.90 Å². The van der Waals surface area contributed by atoms with Crippen LogP contribution in [0.3, 0.4) is 0 Å². The normalized spacial score (nSPS) is 17.7. The second-order valence-electron chi connectivity index (χ2n) is 5.18. The lowest BCUT2D eigenvalue weighted by atomic mass is 9.97. The van der Waals surface area contributed by atoms with Crippen LogP contribution in [0.4, 0.5) is 5.95 Å². The topological polar surface area (TPSA) is 66.4 Å². The molecule has 1 aliphatic heterocycles. The summed E-state index contributed by atoms with van der Waals surface area (Å²) in [5.41, 5.74) is 0. The van der Waals surface area contributed by atoms with Gasteiger partial charge in [0.15, 0.2) is 0 Å². The Bertz CT molecular complexity index is 541. The molecule has 1 fully saturated rings. The van der Waals surface area contributed by atoms with Crippen LogP contribution in [0.25, 0.3) is 0 Å². The van der Waals surface area contributed by atoms with E-state index in [0.29, 0.717) is 23.4 Å². The number of hydrogen-bond donors (Lipinski definition) is 0. The van der Waals surface area contributed by atoms with Gasteiger partial charge in [-0.2, -0.15) is 0 Å². The third kappa shape index (κ3) is 4.04. The fraction of sp³-hybridized carbons (Fsp3) is 0.667. The van der Waals surface area contributed by atoms with Crippen molar-refractivity contribution in [2.45, 2.75) is 12.8 Å². The first-order chi connectivity index (χ1) is 9.36. The Morgan fingerprint density at radius 2 is 1.90 bits per heavy atom. The van der Waals surface area contributed by atoms with Gasteiger partial charge in [0.05, 0.1) is 23.7 Å². The second-order valence-corrected chi connectivity index (χ2v) is 7.70. The van der Waals surface area contributed by atoms with E-state index in [-0.39, 0.29) is 0 Å². The molecule has 20 heavy (non-hydrogen) atoms. The molecular formula is C12H19ClN4O2S. The number of sulfonamides is 1. The van der Waals surface area contributed by atoms with E-state index in [1.807, 2.05) is 0 Å². The van der Waals surface area contributed by atoms with E-state index in [2.05, 4.69) is 14.9 Å². The molecule has 1 aromatic heterocycles.